The highest BCUT2D eigenvalue weighted by Crippen LogP contribution is 2.06. The summed E-state index contributed by atoms with van der Waals surface area (Å²) in [5.74, 6) is 0.809. The predicted octanol–water partition coefficient (Wildman–Crippen LogP) is 1.13. The first-order valence-corrected chi connectivity index (χ1v) is 4.62. The van der Waals surface area contributed by atoms with Gasteiger partial charge >= 0.3 is 0 Å². The van der Waals surface area contributed by atoms with Gasteiger partial charge in [0.05, 0.1) is 0 Å². The maximum atomic E-state index is 13.1. The number of aromatic nitrogens is 2. The van der Waals surface area contributed by atoms with Crippen molar-refractivity contribution in [1.29, 1.82) is 0 Å². The topological polar surface area (TPSA) is 43.8 Å². The third-order valence-corrected chi connectivity index (χ3v) is 2.03. The molecule has 0 saturated heterocycles. The highest BCUT2D eigenvalue weighted by molar-refractivity contribution is 4.94. The van der Waals surface area contributed by atoms with Crippen molar-refractivity contribution in [2.75, 3.05) is 6.54 Å². The molecule has 0 aliphatic carbocycles. The molecule has 0 aromatic carbocycles. The molecule has 1 atom stereocenters. The zero-order chi connectivity index (χ0) is 9.68. The van der Waals surface area contributed by atoms with E-state index in [2.05, 4.69) is 4.98 Å². The Morgan fingerprint density at radius 3 is 3.08 bits per heavy atom. The average molecular weight is 185 g/mol. The highest BCUT2D eigenvalue weighted by Gasteiger charge is 2.10. The fourth-order valence-electron chi connectivity index (χ4n) is 1.30. The van der Waals surface area contributed by atoms with Crippen LogP contribution in [-0.4, -0.2) is 22.3 Å². The standard InChI is InChI=1S/C9H16FN3/c1-2-13-6-5-12-9(13)7-8(10)3-4-11/h5-6,8H,2-4,7,11H2,1H3. The van der Waals surface area contributed by atoms with Gasteiger partial charge in [-0.15, -0.1) is 0 Å². The first-order valence-electron chi connectivity index (χ1n) is 4.62. The number of nitrogens with two attached hydrogens (primary N) is 1. The molecule has 0 amide bonds. The van der Waals surface area contributed by atoms with E-state index in [0.717, 1.165) is 12.4 Å². The molecule has 1 aromatic heterocycles. The van der Waals surface area contributed by atoms with E-state index in [1.54, 1.807) is 6.20 Å². The Morgan fingerprint density at radius 1 is 1.69 bits per heavy atom. The zero-order valence-corrected chi connectivity index (χ0v) is 7.91. The summed E-state index contributed by atoms with van der Waals surface area (Å²) in [7, 11) is 0. The molecule has 4 heteroatoms. The fourth-order valence-corrected chi connectivity index (χ4v) is 1.30. The van der Waals surface area contributed by atoms with Crippen molar-refractivity contribution >= 4 is 0 Å². The first kappa shape index (κ1) is 10.2. The van der Waals surface area contributed by atoms with Gasteiger partial charge in [0.1, 0.15) is 12.0 Å². The summed E-state index contributed by atoms with van der Waals surface area (Å²) >= 11 is 0. The van der Waals surface area contributed by atoms with E-state index in [9.17, 15) is 4.39 Å². The third kappa shape index (κ3) is 2.81. The van der Waals surface area contributed by atoms with Crippen LogP contribution in [0.5, 0.6) is 0 Å². The van der Waals surface area contributed by atoms with Gasteiger partial charge in [-0.2, -0.15) is 0 Å². The van der Waals surface area contributed by atoms with Crippen LogP contribution in [0, 0.1) is 0 Å². The van der Waals surface area contributed by atoms with Crippen molar-refractivity contribution in [3.05, 3.63) is 18.2 Å². The zero-order valence-electron chi connectivity index (χ0n) is 7.91. The first-order chi connectivity index (χ1) is 6.27. The maximum Gasteiger partial charge on any atom is 0.111 e. The van der Waals surface area contributed by atoms with Gasteiger partial charge in [0, 0.05) is 25.4 Å². The summed E-state index contributed by atoms with van der Waals surface area (Å²) in [6.45, 7) is 3.25. The fraction of sp³-hybridized carbons (Fsp3) is 0.667. The molecule has 0 saturated carbocycles. The Kier molecular flexibility index (Phi) is 3.89. The summed E-state index contributed by atoms with van der Waals surface area (Å²) in [6.07, 6.45) is 3.49. The lowest BCUT2D eigenvalue weighted by atomic mass is 10.2. The molecular formula is C9H16FN3. The molecule has 1 aromatic rings. The van der Waals surface area contributed by atoms with Crippen LogP contribution in [0.25, 0.3) is 0 Å². The number of rotatable bonds is 5. The molecule has 3 nitrogen and oxygen atoms in total. The number of hydrogen-bond acceptors (Lipinski definition) is 2. The maximum absolute atomic E-state index is 13.1. The minimum absolute atomic E-state index is 0.373. The van der Waals surface area contributed by atoms with Crippen LogP contribution in [0.4, 0.5) is 4.39 Å². The average Bonchev–Trinajstić information content (AvgIpc) is 2.52. The number of imidazole rings is 1. The molecule has 0 aliphatic heterocycles. The van der Waals surface area contributed by atoms with Crippen molar-refractivity contribution in [2.45, 2.75) is 32.5 Å². The van der Waals surface area contributed by atoms with Crippen LogP contribution in [0.1, 0.15) is 19.2 Å². The molecule has 74 valence electrons. The number of aryl methyl sites for hydroxylation is 1. The Balaban J connectivity index is 2.52. The van der Waals surface area contributed by atoms with E-state index in [1.165, 1.54) is 0 Å². The SMILES string of the molecule is CCn1ccnc1CC(F)CCN. The smallest absolute Gasteiger partial charge is 0.111 e. The summed E-state index contributed by atoms with van der Waals surface area (Å²) in [5, 5.41) is 0. The summed E-state index contributed by atoms with van der Waals surface area (Å²) in [4.78, 5) is 4.09. The molecule has 1 heterocycles. The van der Waals surface area contributed by atoms with E-state index in [4.69, 9.17) is 5.73 Å². The third-order valence-electron chi connectivity index (χ3n) is 2.03. The lowest BCUT2D eigenvalue weighted by molar-refractivity contribution is 0.309. The summed E-state index contributed by atoms with van der Waals surface area (Å²) in [6, 6.07) is 0. The molecule has 1 rings (SSSR count). The van der Waals surface area contributed by atoms with Gasteiger partial charge in [0.2, 0.25) is 0 Å². The van der Waals surface area contributed by atoms with Gasteiger partial charge in [-0.1, -0.05) is 0 Å². The van der Waals surface area contributed by atoms with E-state index in [-0.39, 0.29) is 0 Å². The second-order valence-corrected chi connectivity index (χ2v) is 3.01. The van der Waals surface area contributed by atoms with Gasteiger partial charge in [0.15, 0.2) is 0 Å². The molecule has 0 radical (unpaired) electrons. The summed E-state index contributed by atoms with van der Waals surface area (Å²) < 4.78 is 15.1. The van der Waals surface area contributed by atoms with Crippen LogP contribution in [0.2, 0.25) is 0 Å². The lowest BCUT2D eigenvalue weighted by Gasteiger charge is -2.07. The Bertz CT molecular complexity index is 247. The number of halogens is 1. The van der Waals surface area contributed by atoms with Gasteiger partial charge in [-0.3, -0.25) is 0 Å². The predicted molar refractivity (Wildman–Crippen MR) is 50.2 cm³/mol. The van der Waals surface area contributed by atoms with Gasteiger partial charge in [0.25, 0.3) is 0 Å². The molecule has 0 spiro atoms. The van der Waals surface area contributed by atoms with Crippen LogP contribution < -0.4 is 5.73 Å². The Labute approximate surface area is 77.8 Å². The van der Waals surface area contributed by atoms with E-state index >= 15 is 0 Å². The largest absolute Gasteiger partial charge is 0.335 e. The molecule has 0 fully saturated rings. The molecule has 2 N–H and O–H groups in total. The van der Waals surface area contributed by atoms with Crippen molar-refractivity contribution in [3.63, 3.8) is 0 Å². The van der Waals surface area contributed by atoms with Gasteiger partial charge < -0.3 is 10.3 Å². The Morgan fingerprint density at radius 2 is 2.46 bits per heavy atom. The van der Waals surface area contributed by atoms with Crippen LogP contribution in [0.15, 0.2) is 12.4 Å². The lowest BCUT2D eigenvalue weighted by Crippen LogP contribution is -2.14. The van der Waals surface area contributed by atoms with Crippen LogP contribution in [0.3, 0.4) is 0 Å². The monoisotopic (exact) mass is 185 g/mol. The Hall–Kier alpha value is -0.900. The number of nitrogens with zero attached hydrogens (tertiary/aromatic N) is 2. The molecular weight excluding hydrogens is 169 g/mol. The van der Waals surface area contributed by atoms with Crippen LogP contribution in [-0.2, 0) is 13.0 Å². The summed E-state index contributed by atoms with van der Waals surface area (Å²) in [5.41, 5.74) is 5.26. The van der Waals surface area contributed by atoms with Gasteiger partial charge in [-0.25, -0.2) is 9.37 Å². The minimum atomic E-state index is -0.863. The second kappa shape index (κ2) is 4.97. The second-order valence-electron chi connectivity index (χ2n) is 3.01. The number of hydrogen-bond donors (Lipinski definition) is 1. The van der Waals surface area contributed by atoms with Crippen LogP contribution >= 0.6 is 0 Å². The molecule has 13 heavy (non-hydrogen) atoms. The van der Waals surface area contributed by atoms with Gasteiger partial charge in [-0.05, 0) is 19.9 Å². The van der Waals surface area contributed by atoms with E-state index in [0.29, 0.717) is 19.4 Å². The van der Waals surface area contributed by atoms with E-state index in [1.807, 2.05) is 17.7 Å². The van der Waals surface area contributed by atoms with Crippen molar-refractivity contribution in [2.24, 2.45) is 5.73 Å². The quantitative estimate of drug-likeness (QED) is 0.747. The normalized spacial score (nSPS) is 13.2. The van der Waals surface area contributed by atoms with Crippen molar-refractivity contribution in [1.82, 2.24) is 9.55 Å². The highest BCUT2D eigenvalue weighted by atomic mass is 19.1. The molecule has 1 unspecified atom stereocenters. The molecule has 0 aliphatic rings. The minimum Gasteiger partial charge on any atom is -0.335 e. The van der Waals surface area contributed by atoms with Crippen molar-refractivity contribution < 1.29 is 4.39 Å². The molecule has 0 bridgehead atoms. The number of alkyl halides is 1. The van der Waals surface area contributed by atoms with Crippen molar-refractivity contribution in [3.8, 4) is 0 Å². The van der Waals surface area contributed by atoms with E-state index < -0.39 is 6.17 Å².